The average Bonchev–Trinajstić information content (AvgIpc) is 2.39. The number of nitrogens with zero attached hydrogens (tertiary/aromatic N) is 1. The van der Waals surface area contributed by atoms with Gasteiger partial charge in [0.25, 0.3) is 0 Å². The van der Waals surface area contributed by atoms with Gasteiger partial charge in [0.1, 0.15) is 5.82 Å². The number of hydrogen-bond donors (Lipinski definition) is 1. The molecule has 3 heteroatoms. The number of likely N-dealkylation sites (tertiary alicyclic amines) is 1. The van der Waals surface area contributed by atoms with Crippen molar-refractivity contribution in [3.05, 3.63) is 35.6 Å². The maximum atomic E-state index is 12.8. The Bertz CT molecular complexity index is 346. The quantitative estimate of drug-likeness (QED) is 0.873. The monoisotopic (exact) mass is 237 g/mol. The third-order valence-electron chi connectivity index (χ3n) is 3.64. The molecule has 0 aliphatic carbocycles. The summed E-state index contributed by atoms with van der Waals surface area (Å²) in [6.45, 7) is 4.15. The van der Waals surface area contributed by atoms with Crippen LogP contribution in [0.4, 0.5) is 4.39 Å². The van der Waals surface area contributed by atoms with Gasteiger partial charge in [-0.2, -0.15) is 0 Å². The predicted octanol–water partition coefficient (Wildman–Crippen LogP) is 2.73. The number of aliphatic hydroxyl groups excluding tert-OH is 1. The van der Waals surface area contributed by atoms with E-state index in [1.54, 1.807) is 12.1 Å². The lowest BCUT2D eigenvalue weighted by molar-refractivity contribution is 0.0470. The Morgan fingerprint density at radius 2 is 1.71 bits per heavy atom. The molecular weight excluding hydrogens is 217 g/mol. The summed E-state index contributed by atoms with van der Waals surface area (Å²) in [5.74, 6) is -0.258. The van der Waals surface area contributed by atoms with Gasteiger partial charge in [-0.15, -0.1) is 0 Å². The Morgan fingerprint density at radius 3 is 2.29 bits per heavy atom. The van der Waals surface area contributed by atoms with Crippen molar-refractivity contribution in [2.24, 2.45) is 0 Å². The molecule has 2 rings (SSSR count). The second-order valence-electron chi connectivity index (χ2n) is 4.83. The average molecular weight is 237 g/mol. The van der Waals surface area contributed by atoms with Crippen molar-refractivity contribution < 1.29 is 9.50 Å². The summed E-state index contributed by atoms with van der Waals surface area (Å²) in [6.07, 6.45) is 3.17. The first-order chi connectivity index (χ1) is 8.18. The van der Waals surface area contributed by atoms with Crippen molar-refractivity contribution in [1.82, 2.24) is 4.90 Å². The van der Waals surface area contributed by atoms with E-state index in [0.29, 0.717) is 0 Å². The van der Waals surface area contributed by atoms with Crippen LogP contribution in [0, 0.1) is 5.82 Å². The molecule has 1 aromatic carbocycles. The van der Waals surface area contributed by atoms with Crippen LogP contribution in [0.25, 0.3) is 0 Å². The Hall–Kier alpha value is -0.930. The lowest BCUT2D eigenvalue weighted by Crippen LogP contribution is -2.40. The van der Waals surface area contributed by atoms with Gasteiger partial charge in [0.05, 0.1) is 6.10 Å². The van der Waals surface area contributed by atoms with Crippen LogP contribution in [0.3, 0.4) is 0 Å². The summed E-state index contributed by atoms with van der Waals surface area (Å²) in [5, 5.41) is 10.3. The SMILES string of the molecule is C[C@@H]([C@@H](O)c1ccc(F)cc1)N1CCCCC1. The van der Waals surface area contributed by atoms with Gasteiger partial charge in [-0.1, -0.05) is 18.6 Å². The Balaban J connectivity index is 2.02. The minimum Gasteiger partial charge on any atom is -0.387 e. The highest BCUT2D eigenvalue weighted by molar-refractivity contribution is 5.19. The third-order valence-corrected chi connectivity index (χ3v) is 3.64. The van der Waals surface area contributed by atoms with Crippen LogP contribution in [0.2, 0.25) is 0 Å². The molecule has 0 spiro atoms. The van der Waals surface area contributed by atoms with Crippen LogP contribution in [0.15, 0.2) is 24.3 Å². The van der Waals surface area contributed by atoms with Crippen molar-refractivity contribution in [2.45, 2.75) is 38.3 Å². The zero-order valence-corrected chi connectivity index (χ0v) is 10.3. The van der Waals surface area contributed by atoms with Gasteiger partial charge in [0.2, 0.25) is 0 Å². The summed E-state index contributed by atoms with van der Waals surface area (Å²) in [4.78, 5) is 2.32. The molecule has 1 heterocycles. The molecule has 1 fully saturated rings. The third kappa shape index (κ3) is 3.05. The molecule has 1 saturated heterocycles. The molecule has 0 saturated carbocycles. The number of aliphatic hydroxyl groups is 1. The number of halogens is 1. The van der Waals surface area contributed by atoms with Crippen LogP contribution in [-0.4, -0.2) is 29.1 Å². The van der Waals surface area contributed by atoms with Crippen LogP contribution in [0.5, 0.6) is 0 Å². The van der Waals surface area contributed by atoms with Crippen LogP contribution < -0.4 is 0 Å². The van der Waals surface area contributed by atoms with Gasteiger partial charge in [-0.3, -0.25) is 4.90 Å². The molecule has 0 aromatic heterocycles. The molecular formula is C14H20FNO. The zero-order chi connectivity index (χ0) is 12.3. The molecule has 0 bridgehead atoms. The predicted molar refractivity (Wildman–Crippen MR) is 66.2 cm³/mol. The lowest BCUT2D eigenvalue weighted by Gasteiger charge is -2.35. The highest BCUT2D eigenvalue weighted by Gasteiger charge is 2.24. The fourth-order valence-corrected chi connectivity index (χ4v) is 2.46. The van der Waals surface area contributed by atoms with Gasteiger partial charge in [0, 0.05) is 6.04 Å². The maximum Gasteiger partial charge on any atom is 0.123 e. The molecule has 94 valence electrons. The summed E-state index contributed by atoms with van der Waals surface area (Å²) in [6, 6.07) is 6.24. The van der Waals surface area contributed by atoms with E-state index in [2.05, 4.69) is 4.90 Å². The molecule has 1 aromatic rings. The Labute approximate surface area is 102 Å². The fraction of sp³-hybridized carbons (Fsp3) is 0.571. The standard InChI is InChI=1S/C14H20FNO/c1-11(16-9-3-2-4-10-16)14(17)12-5-7-13(15)8-6-12/h5-8,11,14,17H,2-4,9-10H2,1H3/t11-,14+/m0/s1. The van der Waals surface area contributed by atoms with Gasteiger partial charge < -0.3 is 5.11 Å². The molecule has 0 radical (unpaired) electrons. The van der Waals surface area contributed by atoms with Crippen molar-refractivity contribution in [2.75, 3.05) is 13.1 Å². The normalized spacial score (nSPS) is 21.1. The second-order valence-corrected chi connectivity index (χ2v) is 4.83. The van der Waals surface area contributed by atoms with Crippen LogP contribution in [0.1, 0.15) is 37.9 Å². The van der Waals surface area contributed by atoms with Gasteiger partial charge in [-0.25, -0.2) is 4.39 Å². The smallest absolute Gasteiger partial charge is 0.123 e. The number of rotatable bonds is 3. The zero-order valence-electron chi connectivity index (χ0n) is 10.3. The van der Waals surface area contributed by atoms with E-state index < -0.39 is 6.10 Å². The minimum atomic E-state index is -0.534. The van der Waals surface area contributed by atoms with Crippen molar-refractivity contribution in [1.29, 1.82) is 0 Å². The first-order valence-electron chi connectivity index (χ1n) is 6.36. The lowest BCUT2D eigenvalue weighted by atomic mass is 10.00. The van der Waals surface area contributed by atoms with E-state index in [1.807, 2.05) is 6.92 Å². The van der Waals surface area contributed by atoms with Crippen molar-refractivity contribution in [3.8, 4) is 0 Å². The van der Waals surface area contributed by atoms with E-state index in [4.69, 9.17) is 0 Å². The first-order valence-corrected chi connectivity index (χ1v) is 6.36. The summed E-state index contributed by atoms with van der Waals surface area (Å²) >= 11 is 0. The Kier molecular flexibility index (Phi) is 4.13. The Morgan fingerprint density at radius 1 is 1.12 bits per heavy atom. The van der Waals surface area contributed by atoms with Gasteiger partial charge in [-0.05, 0) is 50.6 Å². The van der Waals surface area contributed by atoms with E-state index in [9.17, 15) is 9.50 Å². The topological polar surface area (TPSA) is 23.5 Å². The number of piperidine rings is 1. The molecule has 1 aliphatic rings. The second kappa shape index (κ2) is 5.61. The number of benzene rings is 1. The molecule has 2 atom stereocenters. The molecule has 2 nitrogen and oxygen atoms in total. The van der Waals surface area contributed by atoms with Crippen molar-refractivity contribution in [3.63, 3.8) is 0 Å². The molecule has 0 amide bonds. The largest absolute Gasteiger partial charge is 0.387 e. The van der Waals surface area contributed by atoms with Crippen LogP contribution >= 0.6 is 0 Å². The summed E-state index contributed by atoms with van der Waals surface area (Å²) in [5.41, 5.74) is 0.796. The van der Waals surface area contributed by atoms with Crippen LogP contribution in [-0.2, 0) is 0 Å². The number of hydrogen-bond acceptors (Lipinski definition) is 2. The molecule has 17 heavy (non-hydrogen) atoms. The van der Waals surface area contributed by atoms with Crippen molar-refractivity contribution >= 4 is 0 Å². The molecule has 0 unspecified atom stereocenters. The fourth-order valence-electron chi connectivity index (χ4n) is 2.46. The van der Waals surface area contributed by atoms with Gasteiger partial charge >= 0.3 is 0 Å². The maximum absolute atomic E-state index is 12.8. The minimum absolute atomic E-state index is 0.0979. The highest BCUT2D eigenvalue weighted by Crippen LogP contribution is 2.23. The highest BCUT2D eigenvalue weighted by atomic mass is 19.1. The molecule has 1 aliphatic heterocycles. The summed E-state index contributed by atoms with van der Waals surface area (Å²) < 4.78 is 12.8. The van der Waals surface area contributed by atoms with E-state index in [0.717, 1.165) is 18.7 Å². The van der Waals surface area contributed by atoms with E-state index in [-0.39, 0.29) is 11.9 Å². The molecule has 1 N–H and O–H groups in total. The summed E-state index contributed by atoms with van der Waals surface area (Å²) in [7, 11) is 0. The van der Waals surface area contributed by atoms with E-state index >= 15 is 0 Å². The van der Waals surface area contributed by atoms with E-state index in [1.165, 1.54) is 31.4 Å². The first kappa shape index (κ1) is 12.5. The van der Waals surface area contributed by atoms with Gasteiger partial charge in [0.15, 0.2) is 0 Å².